The van der Waals surface area contributed by atoms with Gasteiger partial charge in [0, 0.05) is 13.1 Å². The molecular formula is C18H23ClN4O2. The van der Waals surface area contributed by atoms with Gasteiger partial charge in [0.2, 0.25) is 5.95 Å². The van der Waals surface area contributed by atoms with Crippen LogP contribution in [0, 0.1) is 6.92 Å². The standard InChI is InChI=1S/C18H23ClN4O2/c1-5-23(6-2)17(24)15-11(3)21-18(20)22-16(15)12(4)25-14-10-8-7-9-13(14)19/h7-10,12H,5-6H2,1-4H3,(H2,20,21,22). The van der Waals surface area contributed by atoms with Gasteiger partial charge in [0.1, 0.15) is 11.9 Å². The van der Waals surface area contributed by atoms with E-state index < -0.39 is 6.10 Å². The normalized spacial score (nSPS) is 11.9. The van der Waals surface area contributed by atoms with Crippen molar-refractivity contribution in [2.24, 2.45) is 0 Å². The number of carbonyl (C=O) groups is 1. The van der Waals surface area contributed by atoms with E-state index in [2.05, 4.69) is 9.97 Å². The first-order valence-electron chi connectivity index (χ1n) is 8.23. The number of hydrogen-bond acceptors (Lipinski definition) is 5. The van der Waals surface area contributed by atoms with Crippen molar-refractivity contribution in [2.75, 3.05) is 18.8 Å². The van der Waals surface area contributed by atoms with Gasteiger partial charge in [-0.05, 0) is 39.8 Å². The monoisotopic (exact) mass is 362 g/mol. The molecule has 0 fully saturated rings. The van der Waals surface area contributed by atoms with Crippen LogP contribution < -0.4 is 10.5 Å². The summed E-state index contributed by atoms with van der Waals surface area (Å²) in [7, 11) is 0. The van der Waals surface area contributed by atoms with Gasteiger partial charge in [0.05, 0.1) is 22.0 Å². The van der Waals surface area contributed by atoms with E-state index in [9.17, 15) is 4.79 Å². The molecule has 1 unspecified atom stereocenters. The van der Waals surface area contributed by atoms with Gasteiger partial charge < -0.3 is 15.4 Å². The van der Waals surface area contributed by atoms with E-state index in [1.807, 2.05) is 32.9 Å². The van der Waals surface area contributed by atoms with Gasteiger partial charge in [0.15, 0.2) is 0 Å². The predicted octanol–water partition coefficient (Wildman–Crippen LogP) is 3.64. The van der Waals surface area contributed by atoms with Gasteiger partial charge in [0.25, 0.3) is 5.91 Å². The van der Waals surface area contributed by atoms with E-state index >= 15 is 0 Å². The SMILES string of the molecule is CCN(CC)C(=O)c1c(C)nc(N)nc1C(C)Oc1ccccc1Cl. The van der Waals surface area contributed by atoms with Crippen molar-refractivity contribution in [3.63, 3.8) is 0 Å². The molecular weight excluding hydrogens is 340 g/mol. The molecule has 7 heteroatoms. The van der Waals surface area contributed by atoms with E-state index in [1.165, 1.54) is 0 Å². The van der Waals surface area contributed by atoms with Crippen LogP contribution in [0.15, 0.2) is 24.3 Å². The van der Waals surface area contributed by atoms with Crippen molar-refractivity contribution in [2.45, 2.75) is 33.8 Å². The highest BCUT2D eigenvalue weighted by molar-refractivity contribution is 6.32. The number of nitrogens with two attached hydrogens (primary N) is 1. The quantitative estimate of drug-likeness (QED) is 0.848. The van der Waals surface area contributed by atoms with Crippen LogP contribution in [-0.2, 0) is 0 Å². The molecule has 2 rings (SSSR count). The van der Waals surface area contributed by atoms with Crippen molar-refractivity contribution in [1.82, 2.24) is 14.9 Å². The largest absolute Gasteiger partial charge is 0.483 e. The number of nitrogen functional groups attached to an aromatic ring is 1. The summed E-state index contributed by atoms with van der Waals surface area (Å²) in [5, 5.41) is 0.490. The van der Waals surface area contributed by atoms with E-state index in [4.69, 9.17) is 22.1 Å². The number of para-hydroxylation sites is 1. The molecule has 0 radical (unpaired) electrons. The molecule has 6 nitrogen and oxygen atoms in total. The summed E-state index contributed by atoms with van der Waals surface area (Å²) in [6, 6.07) is 7.16. The molecule has 2 N–H and O–H groups in total. The second-order valence-electron chi connectivity index (χ2n) is 5.60. The first-order chi connectivity index (χ1) is 11.9. The Morgan fingerprint density at radius 2 is 1.92 bits per heavy atom. The molecule has 0 aliphatic carbocycles. The number of benzene rings is 1. The average molecular weight is 363 g/mol. The number of hydrogen-bond donors (Lipinski definition) is 1. The molecule has 1 atom stereocenters. The maximum absolute atomic E-state index is 12.9. The first kappa shape index (κ1) is 19.0. The molecule has 0 saturated carbocycles. The molecule has 1 amide bonds. The summed E-state index contributed by atoms with van der Waals surface area (Å²) < 4.78 is 5.93. The zero-order valence-electron chi connectivity index (χ0n) is 14.9. The smallest absolute Gasteiger partial charge is 0.257 e. The van der Waals surface area contributed by atoms with Gasteiger partial charge in [-0.1, -0.05) is 23.7 Å². The molecule has 2 aromatic rings. The Labute approximate surface area is 153 Å². The lowest BCUT2D eigenvalue weighted by Gasteiger charge is -2.23. The summed E-state index contributed by atoms with van der Waals surface area (Å²) in [6.45, 7) is 8.61. The third kappa shape index (κ3) is 4.20. The van der Waals surface area contributed by atoms with Crippen molar-refractivity contribution in [1.29, 1.82) is 0 Å². The summed E-state index contributed by atoms with van der Waals surface area (Å²) in [6.07, 6.45) is -0.515. The van der Waals surface area contributed by atoms with Crippen LogP contribution in [-0.4, -0.2) is 33.9 Å². The fraction of sp³-hybridized carbons (Fsp3) is 0.389. The Kier molecular flexibility index (Phi) is 6.20. The summed E-state index contributed by atoms with van der Waals surface area (Å²) in [5.41, 5.74) is 7.23. The minimum Gasteiger partial charge on any atom is -0.483 e. The number of aromatic nitrogens is 2. The van der Waals surface area contributed by atoms with E-state index in [-0.39, 0.29) is 11.9 Å². The zero-order chi connectivity index (χ0) is 18.6. The first-order valence-corrected chi connectivity index (χ1v) is 8.61. The maximum atomic E-state index is 12.9. The Morgan fingerprint density at radius 3 is 2.52 bits per heavy atom. The highest BCUT2D eigenvalue weighted by atomic mass is 35.5. The molecule has 134 valence electrons. The molecule has 1 aromatic heterocycles. The fourth-order valence-corrected chi connectivity index (χ4v) is 2.81. The van der Waals surface area contributed by atoms with Crippen LogP contribution in [0.2, 0.25) is 5.02 Å². The number of carbonyl (C=O) groups excluding carboxylic acids is 1. The van der Waals surface area contributed by atoms with Crippen LogP contribution in [0.1, 0.15) is 48.6 Å². The van der Waals surface area contributed by atoms with E-state index in [1.54, 1.807) is 24.0 Å². The number of anilines is 1. The number of rotatable bonds is 6. The molecule has 0 bridgehead atoms. The lowest BCUT2D eigenvalue weighted by molar-refractivity contribution is 0.0765. The summed E-state index contributed by atoms with van der Waals surface area (Å²) >= 11 is 6.16. The van der Waals surface area contributed by atoms with Crippen LogP contribution in [0.4, 0.5) is 5.95 Å². The Bertz CT molecular complexity index is 763. The van der Waals surface area contributed by atoms with Gasteiger partial charge in [-0.2, -0.15) is 0 Å². The number of amides is 1. The van der Waals surface area contributed by atoms with Crippen LogP contribution >= 0.6 is 11.6 Å². The van der Waals surface area contributed by atoms with Crippen molar-refractivity contribution in [3.05, 3.63) is 46.2 Å². The average Bonchev–Trinajstić information content (AvgIpc) is 2.57. The van der Waals surface area contributed by atoms with Crippen LogP contribution in [0.3, 0.4) is 0 Å². The molecule has 0 aliphatic heterocycles. The number of aryl methyl sites for hydroxylation is 1. The van der Waals surface area contributed by atoms with Crippen LogP contribution in [0.25, 0.3) is 0 Å². The summed E-state index contributed by atoms with van der Waals surface area (Å²) in [5.74, 6) is 0.498. The van der Waals surface area contributed by atoms with Crippen molar-refractivity contribution >= 4 is 23.5 Å². The Hall–Kier alpha value is -2.34. The minimum absolute atomic E-state index is 0.109. The lowest BCUT2D eigenvalue weighted by Crippen LogP contribution is -2.33. The molecule has 25 heavy (non-hydrogen) atoms. The Morgan fingerprint density at radius 1 is 1.28 bits per heavy atom. The zero-order valence-corrected chi connectivity index (χ0v) is 15.7. The molecule has 1 heterocycles. The van der Waals surface area contributed by atoms with Gasteiger partial charge in [-0.25, -0.2) is 9.97 Å². The fourth-order valence-electron chi connectivity index (χ4n) is 2.63. The summed E-state index contributed by atoms with van der Waals surface area (Å²) in [4.78, 5) is 23.1. The van der Waals surface area contributed by atoms with Gasteiger partial charge in [-0.3, -0.25) is 4.79 Å². The molecule has 0 spiro atoms. The van der Waals surface area contributed by atoms with Crippen LogP contribution in [0.5, 0.6) is 5.75 Å². The third-order valence-electron chi connectivity index (χ3n) is 3.93. The Balaban J connectivity index is 2.45. The maximum Gasteiger partial charge on any atom is 0.257 e. The topological polar surface area (TPSA) is 81.3 Å². The highest BCUT2D eigenvalue weighted by Gasteiger charge is 2.26. The van der Waals surface area contributed by atoms with E-state index in [0.717, 1.165) is 0 Å². The van der Waals surface area contributed by atoms with E-state index in [0.29, 0.717) is 40.8 Å². The molecule has 0 saturated heterocycles. The molecule has 1 aromatic carbocycles. The molecule has 0 aliphatic rings. The third-order valence-corrected chi connectivity index (χ3v) is 4.24. The number of nitrogens with zero attached hydrogens (tertiary/aromatic N) is 3. The number of ether oxygens (including phenoxy) is 1. The highest BCUT2D eigenvalue weighted by Crippen LogP contribution is 2.30. The van der Waals surface area contributed by atoms with Crippen molar-refractivity contribution < 1.29 is 9.53 Å². The second kappa shape index (κ2) is 8.16. The van der Waals surface area contributed by atoms with Gasteiger partial charge in [-0.15, -0.1) is 0 Å². The predicted molar refractivity (Wildman–Crippen MR) is 98.9 cm³/mol. The second-order valence-corrected chi connectivity index (χ2v) is 6.00. The lowest BCUT2D eigenvalue weighted by atomic mass is 10.1. The van der Waals surface area contributed by atoms with Crippen molar-refractivity contribution in [3.8, 4) is 5.75 Å². The number of halogens is 1. The minimum atomic E-state index is -0.515. The van der Waals surface area contributed by atoms with Gasteiger partial charge >= 0.3 is 0 Å².